The number of nitrogens with zero attached hydrogens (tertiary/aromatic N) is 4. The second kappa shape index (κ2) is 7.02. The van der Waals surface area contributed by atoms with Gasteiger partial charge in [0.1, 0.15) is 5.82 Å². The van der Waals surface area contributed by atoms with Gasteiger partial charge in [0.05, 0.1) is 27.9 Å². The van der Waals surface area contributed by atoms with Gasteiger partial charge in [0.15, 0.2) is 5.13 Å². The van der Waals surface area contributed by atoms with Crippen molar-refractivity contribution in [3.8, 4) is 10.6 Å². The molecule has 30 heavy (non-hydrogen) atoms. The number of rotatable bonds is 5. The number of aryl methyl sites for hydroxylation is 1. The molecule has 8 nitrogen and oxygen atoms in total. The Labute approximate surface area is 178 Å². The summed E-state index contributed by atoms with van der Waals surface area (Å²) in [6, 6.07) is 2.21. The molecule has 3 aliphatic rings. The van der Waals surface area contributed by atoms with Crippen molar-refractivity contribution in [3.05, 3.63) is 22.9 Å². The molecule has 1 saturated heterocycles. The first kappa shape index (κ1) is 19.4. The van der Waals surface area contributed by atoms with Crippen molar-refractivity contribution in [1.82, 2.24) is 14.9 Å². The lowest BCUT2D eigenvalue weighted by Crippen LogP contribution is -2.51. The van der Waals surface area contributed by atoms with Gasteiger partial charge in [0.2, 0.25) is 5.91 Å². The highest BCUT2D eigenvalue weighted by Gasteiger charge is 2.42. The summed E-state index contributed by atoms with van der Waals surface area (Å²) >= 11 is 1.38. The van der Waals surface area contributed by atoms with E-state index in [9.17, 15) is 14.7 Å². The van der Waals surface area contributed by atoms with Crippen LogP contribution in [-0.4, -0.2) is 57.0 Å². The van der Waals surface area contributed by atoms with E-state index < -0.39 is 0 Å². The maximum absolute atomic E-state index is 13.3. The van der Waals surface area contributed by atoms with Crippen molar-refractivity contribution in [3.63, 3.8) is 0 Å². The van der Waals surface area contributed by atoms with Crippen molar-refractivity contribution in [2.75, 3.05) is 23.3 Å². The Balaban J connectivity index is 1.56. The van der Waals surface area contributed by atoms with Crippen molar-refractivity contribution in [1.29, 1.82) is 0 Å². The fraction of sp³-hybridized carbons (Fsp3) is 0.524. The number of amides is 2. The van der Waals surface area contributed by atoms with Crippen LogP contribution in [0.3, 0.4) is 0 Å². The van der Waals surface area contributed by atoms with Gasteiger partial charge < -0.3 is 20.2 Å². The zero-order valence-corrected chi connectivity index (χ0v) is 18.1. The van der Waals surface area contributed by atoms with Crippen LogP contribution >= 0.6 is 11.3 Å². The highest BCUT2D eigenvalue weighted by Crippen LogP contribution is 2.42. The number of aromatic nitrogens is 2. The van der Waals surface area contributed by atoms with E-state index in [1.807, 2.05) is 22.8 Å². The minimum atomic E-state index is -0.388. The first-order valence-electron chi connectivity index (χ1n) is 10.3. The number of aliphatic hydroxyl groups excluding tert-OH is 1. The Morgan fingerprint density at radius 1 is 1.33 bits per heavy atom. The molecule has 0 spiro atoms. The van der Waals surface area contributed by atoms with Crippen molar-refractivity contribution < 1.29 is 14.7 Å². The minimum absolute atomic E-state index is 0.0415. The number of carbonyl (C=O) groups is 2. The number of hydrogen-bond donors (Lipinski definition) is 2. The quantitative estimate of drug-likeness (QED) is 0.760. The third kappa shape index (κ3) is 3.26. The fourth-order valence-electron chi connectivity index (χ4n) is 4.31. The zero-order valence-electron chi connectivity index (χ0n) is 17.3. The van der Waals surface area contributed by atoms with Gasteiger partial charge in [-0.3, -0.25) is 9.59 Å². The molecule has 9 heteroatoms. The Morgan fingerprint density at radius 2 is 2.07 bits per heavy atom. The van der Waals surface area contributed by atoms with Crippen molar-refractivity contribution >= 4 is 34.1 Å². The molecule has 0 radical (unpaired) electrons. The third-order valence-electron chi connectivity index (χ3n) is 6.17. The number of β-amino-alcohol motifs (C(OH)–C–C–N with tert-alkyl or cyclic N) is 1. The molecule has 1 saturated carbocycles. The van der Waals surface area contributed by atoms with Gasteiger partial charge in [-0.1, -0.05) is 11.3 Å². The molecule has 0 bridgehead atoms. The molecule has 1 atom stereocenters. The molecular weight excluding hydrogens is 402 g/mol. The van der Waals surface area contributed by atoms with E-state index in [1.54, 1.807) is 0 Å². The van der Waals surface area contributed by atoms with Crippen LogP contribution in [0.4, 0.5) is 10.9 Å². The second-order valence-electron chi connectivity index (χ2n) is 8.55. The lowest BCUT2D eigenvalue weighted by molar-refractivity contribution is -0.114. The smallest absolute Gasteiger partial charge is 0.258 e. The molecule has 4 heterocycles. The summed E-state index contributed by atoms with van der Waals surface area (Å²) in [6.07, 6.45) is 1.98. The topological polar surface area (TPSA) is 98.7 Å². The van der Waals surface area contributed by atoms with E-state index in [4.69, 9.17) is 4.98 Å². The van der Waals surface area contributed by atoms with Crippen LogP contribution in [-0.2, 0) is 11.3 Å². The van der Waals surface area contributed by atoms with Crippen LogP contribution in [0.15, 0.2) is 6.07 Å². The van der Waals surface area contributed by atoms with E-state index in [0.717, 1.165) is 21.8 Å². The average Bonchev–Trinajstić information content (AvgIpc) is 3.37. The lowest BCUT2D eigenvalue weighted by atomic mass is 10.1. The number of nitrogens with one attached hydrogen (secondary N) is 1. The maximum atomic E-state index is 13.3. The molecule has 2 fully saturated rings. The Hall–Kier alpha value is -2.52. The largest absolute Gasteiger partial charge is 0.389 e. The van der Waals surface area contributed by atoms with Crippen LogP contribution in [0.5, 0.6) is 0 Å². The van der Waals surface area contributed by atoms with Crippen LogP contribution < -0.4 is 10.2 Å². The number of aliphatic hydroxyl groups is 1. The molecule has 2 N–H and O–H groups in total. The summed E-state index contributed by atoms with van der Waals surface area (Å²) in [5.41, 5.74) is 3.19. The maximum Gasteiger partial charge on any atom is 0.258 e. The lowest BCUT2D eigenvalue weighted by Gasteiger charge is -2.37. The van der Waals surface area contributed by atoms with Crippen LogP contribution in [0.1, 0.15) is 48.3 Å². The molecule has 0 unspecified atom stereocenters. The summed E-state index contributed by atoms with van der Waals surface area (Å²) in [6.45, 7) is 7.03. The van der Waals surface area contributed by atoms with Gasteiger partial charge in [0, 0.05) is 32.6 Å². The predicted octanol–water partition coefficient (Wildman–Crippen LogP) is 2.41. The molecule has 0 aromatic carbocycles. The van der Waals surface area contributed by atoms with Crippen molar-refractivity contribution in [2.24, 2.45) is 5.92 Å². The van der Waals surface area contributed by atoms with E-state index in [0.29, 0.717) is 42.1 Å². The Kier molecular flexibility index (Phi) is 4.55. The number of fused-ring (bicyclic) bond motifs is 1. The first-order valence-corrected chi connectivity index (χ1v) is 11.2. The molecule has 2 aromatic rings. The summed E-state index contributed by atoms with van der Waals surface area (Å²) in [4.78, 5) is 38.8. The molecular formula is C21H25N5O3S. The predicted molar refractivity (Wildman–Crippen MR) is 115 cm³/mol. The van der Waals surface area contributed by atoms with Gasteiger partial charge >= 0.3 is 0 Å². The summed E-state index contributed by atoms with van der Waals surface area (Å²) in [5, 5.41) is 13.1. The summed E-state index contributed by atoms with van der Waals surface area (Å²) in [7, 11) is 0. The van der Waals surface area contributed by atoms with Crippen LogP contribution in [0.2, 0.25) is 0 Å². The SMILES string of the molecule is CC(=O)Nc1nc(C)c(-c2cc3c(c(N4CC(O)C4)n2)C(=O)N([C@@H](C)C2CC2)C3)s1. The van der Waals surface area contributed by atoms with E-state index >= 15 is 0 Å². The van der Waals surface area contributed by atoms with Crippen LogP contribution in [0, 0.1) is 12.8 Å². The normalized spacial score (nSPS) is 19.7. The van der Waals surface area contributed by atoms with Crippen LogP contribution in [0.25, 0.3) is 10.6 Å². The molecule has 158 valence electrons. The minimum Gasteiger partial charge on any atom is -0.389 e. The monoisotopic (exact) mass is 427 g/mol. The second-order valence-corrected chi connectivity index (χ2v) is 9.55. The van der Waals surface area contributed by atoms with Gasteiger partial charge in [-0.25, -0.2) is 9.97 Å². The summed E-state index contributed by atoms with van der Waals surface area (Å²) in [5.74, 6) is 1.12. The fourth-order valence-corrected chi connectivity index (χ4v) is 5.29. The Morgan fingerprint density at radius 3 is 2.70 bits per heavy atom. The number of pyridine rings is 1. The molecule has 2 amide bonds. The third-order valence-corrected chi connectivity index (χ3v) is 7.26. The number of carbonyl (C=O) groups excluding carboxylic acids is 2. The Bertz CT molecular complexity index is 1040. The van der Waals surface area contributed by atoms with Gasteiger partial charge in [-0.05, 0) is 44.2 Å². The molecule has 1 aliphatic carbocycles. The average molecular weight is 428 g/mol. The highest BCUT2D eigenvalue weighted by molar-refractivity contribution is 7.19. The van der Waals surface area contributed by atoms with Gasteiger partial charge in [-0.15, -0.1) is 0 Å². The molecule has 2 aromatic heterocycles. The number of hydrogen-bond acceptors (Lipinski definition) is 7. The van der Waals surface area contributed by atoms with Crippen molar-refractivity contribution in [2.45, 2.75) is 52.3 Å². The van der Waals surface area contributed by atoms with E-state index in [2.05, 4.69) is 17.2 Å². The number of thiazole rings is 1. The zero-order chi connectivity index (χ0) is 21.2. The van der Waals surface area contributed by atoms with E-state index in [1.165, 1.54) is 31.1 Å². The van der Waals surface area contributed by atoms with Gasteiger partial charge in [0.25, 0.3) is 5.91 Å². The molecule has 2 aliphatic heterocycles. The standard InChI is InChI=1S/C21H25N5O3S/c1-10-18(30-21(22-10)23-12(3)27)16-6-14-7-26(11(2)13-4-5-13)20(29)17(14)19(24-16)25-8-15(28)9-25/h6,11,13,15,28H,4-5,7-9H2,1-3H3,(H,22,23,27)/t11-/m0/s1. The van der Waals surface area contributed by atoms with Gasteiger partial charge in [-0.2, -0.15) is 0 Å². The first-order chi connectivity index (χ1) is 14.3. The van der Waals surface area contributed by atoms with E-state index in [-0.39, 0.29) is 24.0 Å². The number of anilines is 2. The summed E-state index contributed by atoms with van der Waals surface area (Å²) < 4.78 is 0. The molecule has 5 rings (SSSR count). The highest BCUT2D eigenvalue weighted by atomic mass is 32.1.